The highest BCUT2D eigenvalue weighted by Crippen LogP contribution is 2.38. The summed E-state index contributed by atoms with van der Waals surface area (Å²) < 4.78 is 5.80. The lowest BCUT2D eigenvalue weighted by molar-refractivity contribution is -0.389. The summed E-state index contributed by atoms with van der Waals surface area (Å²) in [5.74, 6) is -0.0731. The predicted octanol–water partition coefficient (Wildman–Crippen LogP) is 2.20. The number of anilines is 1. The van der Waals surface area contributed by atoms with Gasteiger partial charge in [0.1, 0.15) is 0 Å². The van der Waals surface area contributed by atoms with Gasteiger partial charge in [0.05, 0.1) is 0 Å². The summed E-state index contributed by atoms with van der Waals surface area (Å²) in [5.41, 5.74) is 6.25. The van der Waals surface area contributed by atoms with Gasteiger partial charge in [0.15, 0.2) is 5.75 Å². The first-order chi connectivity index (χ1) is 12.1. The first-order valence-electron chi connectivity index (χ1n) is 8.00. The fourth-order valence-corrected chi connectivity index (χ4v) is 2.70. The normalized spacial score (nSPS) is 16.3. The summed E-state index contributed by atoms with van der Waals surface area (Å²) >= 11 is 0. The van der Waals surface area contributed by atoms with Gasteiger partial charge in [-0.25, -0.2) is 0 Å². The summed E-state index contributed by atoms with van der Waals surface area (Å²) in [6.45, 7) is 0.889. The van der Waals surface area contributed by atoms with Gasteiger partial charge in [0.2, 0.25) is 6.10 Å². The minimum absolute atomic E-state index is 0.184. The number of pyridine rings is 1. The van der Waals surface area contributed by atoms with Crippen molar-refractivity contribution >= 4 is 17.5 Å². The molecule has 25 heavy (non-hydrogen) atoms. The monoisotopic (exact) mass is 342 g/mol. The van der Waals surface area contributed by atoms with Crippen LogP contribution in [0.2, 0.25) is 0 Å². The van der Waals surface area contributed by atoms with E-state index in [0.29, 0.717) is 25.3 Å². The molecule has 8 heteroatoms. The van der Waals surface area contributed by atoms with Crippen LogP contribution in [0.4, 0.5) is 11.6 Å². The first kappa shape index (κ1) is 16.8. The number of nitrogens with zero attached hydrogens (tertiary/aromatic N) is 3. The third-order valence-corrected chi connectivity index (χ3v) is 3.94. The highest BCUT2D eigenvalue weighted by Gasteiger charge is 2.39. The fourth-order valence-electron chi connectivity index (χ4n) is 2.70. The van der Waals surface area contributed by atoms with Gasteiger partial charge < -0.3 is 20.6 Å². The van der Waals surface area contributed by atoms with Crippen LogP contribution in [0.25, 0.3) is 0 Å². The summed E-state index contributed by atoms with van der Waals surface area (Å²) in [7, 11) is 0. The Morgan fingerprint density at radius 2 is 1.96 bits per heavy atom. The zero-order valence-corrected chi connectivity index (χ0v) is 13.5. The fraction of sp³-hybridized carbons (Fsp3) is 0.294. The lowest BCUT2D eigenvalue weighted by Crippen LogP contribution is -2.42. The minimum atomic E-state index is -0.796. The number of hydrogen-bond donors (Lipinski definition) is 1. The Bertz CT molecular complexity index is 781. The third-order valence-electron chi connectivity index (χ3n) is 3.94. The quantitative estimate of drug-likeness (QED) is 0.489. The SMILES string of the molecule is NCCCCN1C(=O)C(c2ccccc2)Oc2ccc([N+](=O)[O-])nc21. The van der Waals surface area contributed by atoms with Crippen molar-refractivity contribution in [3.8, 4) is 5.75 Å². The summed E-state index contributed by atoms with van der Waals surface area (Å²) in [4.78, 5) is 28.8. The molecule has 2 heterocycles. The van der Waals surface area contributed by atoms with Gasteiger partial charge in [0, 0.05) is 18.2 Å². The van der Waals surface area contributed by atoms with Crippen LogP contribution in [0.3, 0.4) is 0 Å². The highest BCUT2D eigenvalue weighted by atomic mass is 16.6. The molecule has 0 radical (unpaired) electrons. The van der Waals surface area contributed by atoms with Gasteiger partial charge in [-0.05, 0) is 35.4 Å². The lowest BCUT2D eigenvalue weighted by Gasteiger charge is -2.31. The molecule has 8 nitrogen and oxygen atoms in total. The molecule has 0 fully saturated rings. The van der Waals surface area contributed by atoms with Crippen LogP contribution >= 0.6 is 0 Å². The van der Waals surface area contributed by atoms with Crippen molar-refractivity contribution in [2.45, 2.75) is 18.9 Å². The van der Waals surface area contributed by atoms with Gasteiger partial charge in [0.25, 0.3) is 11.7 Å². The van der Waals surface area contributed by atoms with Crippen LogP contribution < -0.4 is 15.4 Å². The summed E-state index contributed by atoms with van der Waals surface area (Å²) in [6.07, 6.45) is 0.619. The summed E-state index contributed by atoms with van der Waals surface area (Å²) in [6, 6.07) is 11.9. The molecule has 0 saturated carbocycles. The Kier molecular flexibility index (Phi) is 4.90. The predicted molar refractivity (Wildman–Crippen MR) is 91.3 cm³/mol. The number of carbonyl (C=O) groups is 1. The molecule has 1 atom stereocenters. The molecule has 1 aromatic heterocycles. The zero-order chi connectivity index (χ0) is 17.8. The average Bonchev–Trinajstić information content (AvgIpc) is 2.63. The van der Waals surface area contributed by atoms with Crippen molar-refractivity contribution in [2.24, 2.45) is 5.73 Å². The molecule has 0 aliphatic carbocycles. The van der Waals surface area contributed by atoms with Crippen LogP contribution in [0, 0.1) is 10.1 Å². The van der Waals surface area contributed by atoms with E-state index in [1.165, 1.54) is 17.0 Å². The molecule has 1 aliphatic heterocycles. The van der Waals surface area contributed by atoms with E-state index in [0.717, 1.165) is 12.0 Å². The van der Waals surface area contributed by atoms with Crippen LogP contribution in [0.1, 0.15) is 24.5 Å². The van der Waals surface area contributed by atoms with Crippen LogP contribution in [0.15, 0.2) is 42.5 Å². The average molecular weight is 342 g/mol. The Labute approximate surface area is 144 Å². The van der Waals surface area contributed by atoms with E-state index in [1.54, 1.807) is 0 Å². The van der Waals surface area contributed by atoms with E-state index in [9.17, 15) is 14.9 Å². The number of nitrogens with two attached hydrogens (primary N) is 1. The third kappa shape index (κ3) is 3.43. The van der Waals surface area contributed by atoms with Gasteiger partial charge in [-0.3, -0.25) is 9.69 Å². The molecule has 130 valence electrons. The van der Waals surface area contributed by atoms with E-state index in [2.05, 4.69) is 4.98 Å². The second kappa shape index (κ2) is 7.27. The molecule has 2 N–H and O–H groups in total. The van der Waals surface area contributed by atoms with Crippen molar-refractivity contribution < 1.29 is 14.5 Å². The Balaban J connectivity index is 1.99. The van der Waals surface area contributed by atoms with E-state index in [1.807, 2.05) is 30.3 Å². The number of rotatable bonds is 6. The van der Waals surface area contributed by atoms with Gasteiger partial charge >= 0.3 is 5.82 Å². The minimum Gasteiger partial charge on any atom is -0.469 e. The van der Waals surface area contributed by atoms with Crippen molar-refractivity contribution in [3.63, 3.8) is 0 Å². The van der Waals surface area contributed by atoms with Crippen LogP contribution in [0.5, 0.6) is 5.75 Å². The summed E-state index contributed by atoms with van der Waals surface area (Å²) in [5, 5.41) is 11.0. The maximum Gasteiger partial charge on any atom is 0.366 e. The van der Waals surface area contributed by atoms with E-state index in [-0.39, 0.29) is 17.5 Å². The lowest BCUT2D eigenvalue weighted by atomic mass is 10.1. The number of hydrogen-bond acceptors (Lipinski definition) is 6. The number of benzene rings is 1. The van der Waals surface area contributed by atoms with Crippen molar-refractivity contribution in [1.29, 1.82) is 0 Å². The maximum absolute atomic E-state index is 12.9. The smallest absolute Gasteiger partial charge is 0.366 e. The van der Waals surface area contributed by atoms with Crippen molar-refractivity contribution in [3.05, 3.63) is 58.1 Å². The molecule has 3 rings (SSSR count). The topological polar surface area (TPSA) is 112 Å². The second-order valence-electron chi connectivity index (χ2n) is 5.64. The van der Waals surface area contributed by atoms with E-state index >= 15 is 0 Å². The van der Waals surface area contributed by atoms with Gasteiger partial charge in [-0.1, -0.05) is 30.3 Å². The molecule has 2 aromatic rings. The van der Waals surface area contributed by atoms with Crippen molar-refractivity contribution in [1.82, 2.24) is 4.98 Å². The molecule has 1 unspecified atom stereocenters. The highest BCUT2D eigenvalue weighted by molar-refractivity contribution is 5.99. The molecule has 0 bridgehead atoms. The number of fused-ring (bicyclic) bond motifs is 1. The second-order valence-corrected chi connectivity index (χ2v) is 5.64. The number of amides is 1. The largest absolute Gasteiger partial charge is 0.469 e. The molecule has 1 amide bonds. The van der Waals surface area contributed by atoms with Crippen LogP contribution in [-0.4, -0.2) is 28.9 Å². The number of unbranched alkanes of at least 4 members (excludes halogenated alkanes) is 1. The first-order valence-corrected chi connectivity index (χ1v) is 8.00. The number of nitro groups is 1. The van der Waals surface area contributed by atoms with Gasteiger partial charge in [-0.2, -0.15) is 0 Å². The Morgan fingerprint density at radius 1 is 1.20 bits per heavy atom. The molecule has 0 saturated heterocycles. The van der Waals surface area contributed by atoms with E-state index < -0.39 is 11.0 Å². The van der Waals surface area contributed by atoms with Gasteiger partial charge in [-0.15, -0.1) is 0 Å². The molecule has 1 aromatic carbocycles. The zero-order valence-electron chi connectivity index (χ0n) is 13.5. The number of ether oxygens (including phenoxy) is 1. The van der Waals surface area contributed by atoms with E-state index in [4.69, 9.17) is 10.5 Å². The standard InChI is InChI=1S/C17H18N4O4/c18-10-4-5-11-20-16-13(8-9-14(19-16)21(23)24)25-15(17(20)22)12-6-2-1-3-7-12/h1-3,6-9,15H,4-5,10-11,18H2. The van der Waals surface area contributed by atoms with Crippen LogP contribution in [-0.2, 0) is 4.79 Å². The molecular formula is C17H18N4O4. The maximum atomic E-state index is 12.9. The molecular weight excluding hydrogens is 324 g/mol. The van der Waals surface area contributed by atoms with Crippen molar-refractivity contribution in [2.75, 3.05) is 18.0 Å². The molecule has 1 aliphatic rings. The number of carbonyl (C=O) groups excluding carboxylic acids is 1. The molecule has 0 spiro atoms. The number of aromatic nitrogens is 1. The Morgan fingerprint density at radius 3 is 2.64 bits per heavy atom. The Hall–Kier alpha value is -3.00.